The SMILES string of the molecule is CC(C)(CCC#N)CNCC1(O)CCOCC1. The van der Waals surface area contributed by atoms with Gasteiger partial charge >= 0.3 is 0 Å². The number of aliphatic hydroxyl groups is 1. The van der Waals surface area contributed by atoms with Crippen molar-refractivity contribution in [2.24, 2.45) is 5.41 Å². The van der Waals surface area contributed by atoms with Gasteiger partial charge in [-0.15, -0.1) is 0 Å². The number of hydrogen-bond donors (Lipinski definition) is 2. The Hall–Kier alpha value is -0.630. The summed E-state index contributed by atoms with van der Waals surface area (Å²) in [4.78, 5) is 0. The summed E-state index contributed by atoms with van der Waals surface area (Å²) in [6, 6.07) is 2.18. The lowest BCUT2D eigenvalue weighted by atomic mass is 9.87. The highest BCUT2D eigenvalue weighted by Crippen LogP contribution is 2.22. The van der Waals surface area contributed by atoms with E-state index in [-0.39, 0.29) is 5.41 Å². The van der Waals surface area contributed by atoms with Crippen LogP contribution in [0.3, 0.4) is 0 Å². The molecule has 0 aliphatic carbocycles. The van der Waals surface area contributed by atoms with Gasteiger partial charge in [0.1, 0.15) is 0 Å². The molecule has 0 aromatic heterocycles. The predicted molar refractivity (Wildman–Crippen MR) is 66.5 cm³/mol. The van der Waals surface area contributed by atoms with Crippen molar-refractivity contribution in [3.05, 3.63) is 0 Å². The molecule has 1 heterocycles. The van der Waals surface area contributed by atoms with E-state index in [0.29, 0.717) is 39.0 Å². The van der Waals surface area contributed by atoms with E-state index in [4.69, 9.17) is 10.00 Å². The maximum absolute atomic E-state index is 10.2. The largest absolute Gasteiger partial charge is 0.388 e. The molecule has 17 heavy (non-hydrogen) atoms. The monoisotopic (exact) mass is 240 g/mol. The highest BCUT2D eigenvalue weighted by Gasteiger charge is 2.30. The van der Waals surface area contributed by atoms with Crippen LogP contribution in [0, 0.1) is 16.7 Å². The summed E-state index contributed by atoms with van der Waals surface area (Å²) in [7, 11) is 0. The van der Waals surface area contributed by atoms with E-state index in [9.17, 15) is 5.11 Å². The zero-order chi connectivity index (χ0) is 12.8. The Kier molecular flexibility index (Phi) is 5.38. The Balaban J connectivity index is 2.24. The molecule has 0 spiro atoms. The minimum absolute atomic E-state index is 0.108. The van der Waals surface area contributed by atoms with Gasteiger partial charge in [0.2, 0.25) is 0 Å². The van der Waals surface area contributed by atoms with Crippen LogP contribution in [-0.2, 0) is 4.74 Å². The Morgan fingerprint density at radius 2 is 2.06 bits per heavy atom. The fourth-order valence-electron chi connectivity index (χ4n) is 2.04. The van der Waals surface area contributed by atoms with E-state index >= 15 is 0 Å². The third kappa shape index (κ3) is 5.49. The van der Waals surface area contributed by atoms with E-state index in [2.05, 4.69) is 25.2 Å². The summed E-state index contributed by atoms with van der Waals surface area (Å²) >= 11 is 0. The van der Waals surface area contributed by atoms with E-state index in [1.807, 2.05) is 0 Å². The van der Waals surface area contributed by atoms with Crippen LogP contribution in [-0.4, -0.2) is 37.0 Å². The van der Waals surface area contributed by atoms with Gasteiger partial charge in [0.15, 0.2) is 0 Å². The third-order valence-electron chi connectivity index (χ3n) is 3.39. The van der Waals surface area contributed by atoms with Gasteiger partial charge in [-0.2, -0.15) is 5.26 Å². The summed E-state index contributed by atoms with van der Waals surface area (Å²) in [6.07, 6.45) is 2.89. The first-order valence-corrected chi connectivity index (χ1v) is 6.35. The van der Waals surface area contributed by atoms with Gasteiger partial charge in [-0.3, -0.25) is 0 Å². The van der Waals surface area contributed by atoms with Crippen LogP contribution in [0.4, 0.5) is 0 Å². The van der Waals surface area contributed by atoms with Crippen molar-refractivity contribution in [2.45, 2.75) is 45.1 Å². The second-order valence-corrected chi connectivity index (χ2v) is 5.76. The predicted octanol–water partition coefficient (Wildman–Crippen LogP) is 1.45. The van der Waals surface area contributed by atoms with Crippen molar-refractivity contribution < 1.29 is 9.84 Å². The highest BCUT2D eigenvalue weighted by molar-refractivity contribution is 4.85. The average Bonchev–Trinajstić information content (AvgIpc) is 2.27. The molecule has 0 unspecified atom stereocenters. The number of nitrogens with one attached hydrogen (secondary N) is 1. The lowest BCUT2D eigenvalue weighted by Crippen LogP contribution is -2.46. The first-order chi connectivity index (χ1) is 7.97. The highest BCUT2D eigenvalue weighted by atomic mass is 16.5. The second kappa shape index (κ2) is 6.34. The van der Waals surface area contributed by atoms with Gasteiger partial charge < -0.3 is 15.2 Å². The molecule has 4 heteroatoms. The van der Waals surface area contributed by atoms with Gasteiger partial charge in [-0.05, 0) is 11.8 Å². The Morgan fingerprint density at radius 3 is 2.65 bits per heavy atom. The average molecular weight is 240 g/mol. The van der Waals surface area contributed by atoms with Crippen LogP contribution >= 0.6 is 0 Å². The molecule has 0 bridgehead atoms. The molecule has 4 nitrogen and oxygen atoms in total. The number of ether oxygens (including phenoxy) is 1. The molecule has 0 saturated carbocycles. The quantitative estimate of drug-likeness (QED) is 0.737. The van der Waals surface area contributed by atoms with Crippen molar-refractivity contribution in [1.29, 1.82) is 5.26 Å². The fourth-order valence-corrected chi connectivity index (χ4v) is 2.04. The fraction of sp³-hybridized carbons (Fsp3) is 0.923. The summed E-state index contributed by atoms with van der Waals surface area (Å²) in [5.74, 6) is 0. The molecule has 1 saturated heterocycles. The zero-order valence-corrected chi connectivity index (χ0v) is 11.0. The molecule has 1 aliphatic heterocycles. The molecule has 0 amide bonds. The number of hydrogen-bond acceptors (Lipinski definition) is 4. The van der Waals surface area contributed by atoms with Crippen LogP contribution in [0.2, 0.25) is 0 Å². The van der Waals surface area contributed by atoms with Crippen molar-refractivity contribution in [1.82, 2.24) is 5.32 Å². The summed E-state index contributed by atoms with van der Waals surface area (Å²) < 4.78 is 5.24. The van der Waals surface area contributed by atoms with Gasteiger partial charge in [-0.25, -0.2) is 0 Å². The molecule has 1 fully saturated rings. The molecule has 1 aliphatic rings. The molecule has 0 aromatic carbocycles. The van der Waals surface area contributed by atoms with Crippen LogP contribution in [0.15, 0.2) is 0 Å². The number of nitrogens with zero attached hydrogens (tertiary/aromatic N) is 1. The smallest absolute Gasteiger partial charge is 0.0815 e. The van der Waals surface area contributed by atoms with E-state index in [1.165, 1.54) is 0 Å². The van der Waals surface area contributed by atoms with E-state index in [1.54, 1.807) is 0 Å². The molecule has 1 rings (SSSR count). The van der Waals surface area contributed by atoms with Gasteiger partial charge in [0, 0.05) is 45.6 Å². The zero-order valence-electron chi connectivity index (χ0n) is 11.0. The van der Waals surface area contributed by atoms with Gasteiger partial charge in [0.05, 0.1) is 11.7 Å². The summed E-state index contributed by atoms with van der Waals surface area (Å²) in [5, 5.41) is 22.2. The van der Waals surface area contributed by atoms with Crippen LogP contribution in [0.25, 0.3) is 0 Å². The molecule has 0 atom stereocenters. The molecule has 0 radical (unpaired) electrons. The minimum atomic E-state index is -0.608. The van der Waals surface area contributed by atoms with Crippen molar-refractivity contribution in [3.63, 3.8) is 0 Å². The maximum atomic E-state index is 10.2. The Labute approximate surface area is 104 Å². The topological polar surface area (TPSA) is 65.3 Å². The molecule has 2 N–H and O–H groups in total. The third-order valence-corrected chi connectivity index (χ3v) is 3.39. The van der Waals surface area contributed by atoms with Crippen molar-refractivity contribution >= 4 is 0 Å². The summed E-state index contributed by atoms with van der Waals surface area (Å²) in [5.41, 5.74) is -0.499. The first kappa shape index (κ1) is 14.4. The molecular weight excluding hydrogens is 216 g/mol. The lowest BCUT2D eigenvalue weighted by Gasteiger charge is -2.34. The number of nitriles is 1. The molecular formula is C13H24N2O2. The van der Waals surface area contributed by atoms with Gasteiger partial charge in [0.25, 0.3) is 0 Å². The van der Waals surface area contributed by atoms with E-state index < -0.39 is 5.60 Å². The normalized spacial score (nSPS) is 19.9. The lowest BCUT2D eigenvalue weighted by molar-refractivity contribution is -0.0623. The van der Waals surface area contributed by atoms with Crippen molar-refractivity contribution in [2.75, 3.05) is 26.3 Å². The first-order valence-electron chi connectivity index (χ1n) is 6.35. The van der Waals surface area contributed by atoms with Crippen LogP contribution in [0.1, 0.15) is 39.5 Å². The van der Waals surface area contributed by atoms with Crippen LogP contribution < -0.4 is 5.32 Å². The Bertz CT molecular complexity index is 265. The van der Waals surface area contributed by atoms with Crippen LogP contribution in [0.5, 0.6) is 0 Å². The number of rotatable bonds is 6. The minimum Gasteiger partial charge on any atom is -0.388 e. The van der Waals surface area contributed by atoms with E-state index in [0.717, 1.165) is 13.0 Å². The summed E-state index contributed by atoms with van der Waals surface area (Å²) in [6.45, 7) is 7.03. The second-order valence-electron chi connectivity index (χ2n) is 5.76. The molecule has 98 valence electrons. The maximum Gasteiger partial charge on any atom is 0.0815 e. The molecule has 0 aromatic rings. The van der Waals surface area contributed by atoms with Gasteiger partial charge in [-0.1, -0.05) is 13.8 Å². The standard InChI is InChI=1S/C13H24N2O2/c1-12(2,4-3-7-14)10-15-11-13(16)5-8-17-9-6-13/h15-16H,3-6,8-11H2,1-2H3. The van der Waals surface area contributed by atoms with Crippen molar-refractivity contribution in [3.8, 4) is 6.07 Å². The Morgan fingerprint density at radius 1 is 1.41 bits per heavy atom.